The van der Waals surface area contributed by atoms with E-state index in [1.807, 2.05) is 0 Å². The standard InChI is InChI=1S/C13H14BrF4NO2/c1-19(7-13(16,17)18)12(20)9(6-21-2)8-3-4-10(14)11(15)5-8/h3-5,9H,6-7H2,1-2H3. The number of likely N-dealkylation sites (N-methyl/N-ethyl adjacent to an activating group) is 1. The highest BCUT2D eigenvalue weighted by Crippen LogP contribution is 2.25. The van der Waals surface area contributed by atoms with Crippen LogP contribution in [-0.2, 0) is 9.53 Å². The van der Waals surface area contributed by atoms with Crippen molar-refractivity contribution in [2.75, 3.05) is 27.3 Å². The van der Waals surface area contributed by atoms with Gasteiger partial charge in [-0.25, -0.2) is 4.39 Å². The molecular weight excluding hydrogens is 358 g/mol. The highest BCUT2D eigenvalue weighted by molar-refractivity contribution is 9.10. The Hall–Kier alpha value is -1.15. The van der Waals surface area contributed by atoms with Crippen molar-refractivity contribution in [2.24, 2.45) is 0 Å². The smallest absolute Gasteiger partial charge is 0.384 e. The number of amides is 1. The molecule has 0 aliphatic carbocycles. The van der Waals surface area contributed by atoms with Crippen molar-refractivity contribution >= 4 is 21.8 Å². The number of carbonyl (C=O) groups is 1. The number of methoxy groups -OCH3 is 1. The highest BCUT2D eigenvalue weighted by atomic mass is 79.9. The number of benzene rings is 1. The van der Waals surface area contributed by atoms with Crippen LogP contribution in [0, 0.1) is 5.82 Å². The number of nitrogens with zero attached hydrogens (tertiary/aromatic N) is 1. The number of hydrogen-bond donors (Lipinski definition) is 0. The number of rotatable bonds is 5. The third-order valence-corrected chi connectivity index (χ3v) is 3.41. The van der Waals surface area contributed by atoms with Crippen LogP contribution < -0.4 is 0 Å². The summed E-state index contributed by atoms with van der Waals surface area (Å²) < 4.78 is 55.6. The number of alkyl halides is 3. The van der Waals surface area contributed by atoms with E-state index in [1.165, 1.54) is 19.2 Å². The molecular formula is C13H14BrF4NO2. The summed E-state index contributed by atoms with van der Waals surface area (Å²) in [6.45, 7) is -1.51. The summed E-state index contributed by atoms with van der Waals surface area (Å²) in [7, 11) is 2.37. The van der Waals surface area contributed by atoms with Gasteiger partial charge in [0.25, 0.3) is 0 Å². The lowest BCUT2D eigenvalue weighted by Crippen LogP contribution is -2.39. The van der Waals surface area contributed by atoms with E-state index in [2.05, 4.69) is 15.9 Å². The minimum Gasteiger partial charge on any atom is -0.384 e. The van der Waals surface area contributed by atoms with Crippen molar-refractivity contribution in [2.45, 2.75) is 12.1 Å². The van der Waals surface area contributed by atoms with Crippen molar-refractivity contribution in [1.82, 2.24) is 4.90 Å². The first kappa shape index (κ1) is 17.9. The topological polar surface area (TPSA) is 29.5 Å². The van der Waals surface area contributed by atoms with Crippen LogP contribution in [0.2, 0.25) is 0 Å². The summed E-state index contributed by atoms with van der Waals surface area (Å²) >= 11 is 2.97. The Morgan fingerprint density at radius 1 is 1.43 bits per heavy atom. The predicted octanol–water partition coefficient (Wildman–Crippen LogP) is 3.34. The van der Waals surface area contributed by atoms with Gasteiger partial charge < -0.3 is 9.64 Å². The number of carbonyl (C=O) groups excluding carboxylic acids is 1. The van der Waals surface area contributed by atoms with E-state index in [0.29, 0.717) is 4.90 Å². The third kappa shape index (κ3) is 5.28. The lowest BCUT2D eigenvalue weighted by molar-refractivity contribution is -0.160. The average molecular weight is 372 g/mol. The number of ether oxygens (including phenoxy) is 1. The lowest BCUT2D eigenvalue weighted by atomic mass is 9.98. The molecule has 1 aromatic carbocycles. The Balaban J connectivity index is 2.99. The molecule has 0 radical (unpaired) electrons. The molecule has 0 saturated heterocycles. The quantitative estimate of drug-likeness (QED) is 0.743. The van der Waals surface area contributed by atoms with E-state index in [4.69, 9.17) is 4.74 Å². The second kappa shape index (κ2) is 7.22. The first-order valence-corrected chi connectivity index (χ1v) is 6.70. The summed E-state index contributed by atoms with van der Waals surface area (Å²) in [6, 6.07) is 3.97. The van der Waals surface area contributed by atoms with Gasteiger partial charge in [-0.2, -0.15) is 13.2 Å². The summed E-state index contributed by atoms with van der Waals surface area (Å²) in [5, 5.41) is 0. The van der Waals surface area contributed by atoms with Gasteiger partial charge in [0, 0.05) is 14.2 Å². The van der Waals surface area contributed by atoms with E-state index < -0.39 is 30.4 Å². The maximum atomic E-state index is 13.5. The Morgan fingerprint density at radius 3 is 2.52 bits per heavy atom. The average Bonchev–Trinajstić information content (AvgIpc) is 2.36. The lowest BCUT2D eigenvalue weighted by Gasteiger charge is -2.24. The molecule has 0 saturated carbocycles. The van der Waals surface area contributed by atoms with Gasteiger partial charge >= 0.3 is 6.18 Å². The second-order valence-corrected chi connectivity index (χ2v) is 5.35. The Kier molecular flexibility index (Phi) is 6.15. The van der Waals surface area contributed by atoms with Crippen LogP contribution in [0.3, 0.4) is 0 Å². The van der Waals surface area contributed by atoms with E-state index >= 15 is 0 Å². The zero-order valence-electron chi connectivity index (χ0n) is 11.4. The Bertz CT molecular complexity index is 507. The molecule has 1 aromatic rings. The van der Waals surface area contributed by atoms with Gasteiger partial charge in [0.1, 0.15) is 12.4 Å². The Morgan fingerprint density at radius 2 is 2.05 bits per heavy atom. The summed E-state index contributed by atoms with van der Waals surface area (Å²) in [6.07, 6.45) is -4.49. The highest BCUT2D eigenvalue weighted by Gasteiger charge is 2.34. The summed E-state index contributed by atoms with van der Waals surface area (Å²) in [5.41, 5.74) is 0.261. The molecule has 0 heterocycles. The van der Waals surface area contributed by atoms with Gasteiger partial charge in [0.15, 0.2) is 0 Å². The maximum absolute atomic E-state index is 13.5. The van der Waals surface area contributed by atoms with Crippen LogP contribution in [0.25, 0.3) is 0 Å². The first-order chi connectivity index (χ1) is 9.65. The SMILES string of the molecule is COCC(C(=O)N(C)CC(F)(F)F)c1ccc(Br)c(F)c1. The van der Waals surface area contributed by atoms with Gasteiger partial charge in [-0.05, 0) is 33.6 Å². The molecule has 8 heteroatoms. The van der Waals surface area contributed by atoms with Crippen molar-refractivity contribution in [1.29, 1.82) is 0 Å². The van der Waals surface area contributed by atoms with Gasteiger partial charge in [-0.1, -0.05) is 6.07 Å². The predicted molar refractivity (Wildman–Crippen MR) is 72.4 cm³/mol. The van der Waals surface area contributed by atoms with Crippen LogP contribution in [0.15, 0.2) is 22.7 Å². The molecule has 0 aliphatic rings. The fraction of sp³-hybridized carbons (Fsp3) is 0.462. The molecule has 1 atom stereocenters. The first-order valence-electron chi connectivity index (χ1n) is 5.91. The van der Waals surface area contributed by atoms with Crippen molar-refractivity contribution < 1.29 is 27.1 Å². The number of hydrogen-bond acceptors (Lipinski definition) is 2. The maximum Gasteiger partial charge on any atom is 0.406 e. The molecule has 3 nitrogen and oxygen atoms in total. The van der Waals surface area contributed by atoms with Crippen molar-refractivity contribution in [3.05, 3.63) is 34.1 Å². The molecule has 118 valence electrons. The molecule has 1 unspecified atom stereocenters. The zero-order chi connectivity index (χ0) is 16.2. The molecule has 1 rings (SSSR count). The van der Waals surface area contributed by atoms with Crippen LogP contribution in [0.5, 0.6) is 0 Å². The summed E-state index contributed by atoms with van der Waals surface area (Å²) in [4.78, 5) is 12.7. The molecule has 0 bridgehead atoms. The van der Waals surface area contributed by atoms with Gasteiger partial charge in [-0.3, -0.25) is 4.79 Å². The Labute approximate surface area is 128 Å². The van der Waals surface area contributed by atoms with E-state index in [9.17, 15) is 22.4 Å². The molecule has 1 amide bonds. The molecule has 0 aliphatic heterocycles. The van der Waals surface area contributed by atoms with Crippen LogP contribution >= 0.6 is 15.9 Å². The minimum absolute atomic E-state index is 0.137. The molecule has 0 N–H and O–H groups in total. The van der Waals surface area contributed by atoms with Crippen molar-refractivity contribution in [3.8, 4) is 0 Å². The fourth-order valence-electron chi connectivity index (χ4n) is 1.82. The van der Waals surface area contributed by atoms with Gasteiger partial charge in [0.2, 0.25) is 5.91 Å². The molecule has 0 spiro atoms. The van der Waals surface area contributed by atoms with Gasteiger partial charge in [-0.15, -0.1) is 0 Å². The second-order valence-electron chi connectivity index (χ2n) is 4.49. The largest absolute Gasteiger partial charge is 0.406 e. The van der Waals surface area contributed by atoms with Crippen LogP contribution in [0.4, 0.5) is 17.6 Å². The van der Waals surface area contributed by atoms with Gasteiger partial charge in [0.05, 0.1) is 17.0 Å². The van der Waals surface area contributed by atoms with E-state index in [0.717, 1.165) is 13.1 Å². The fourth-order valence-corrected chi connectivity index (χ4v) is 2.07. The third-order valence-electron chi connectivity index (χ3n) is 2.77. The minimum atomic E-state index is -4.49. The van der Waals surface area contributed by atoms with Crippen molar-refractivity contribution in [3.63, 3.8) is 0 Å². The normalized spacial score (nSPS) is 13.1. The number of halogens is 5. The monoisotopic (exact) mass is 371 g/mol. The summed E-state index contributed by atoms with van der Waals surface area (Å²) in [5.74, 6) is -2.37. The van der Waals surface area contributed by atoms with E-state index in [1.54, 1.807) is 0 Å². The zero-order valence-corrected chi connectivity index (χ0v) is 13.0. The van der Waals surface area contributed by atoms with Crippen LogP contribution in [0.1, 0.15) is 11.5 Å². The molecule has 0 fully saturated rings. The van der Waals surface area contributed by atoms with Crippen LogP contribution in [-0.4, -0.2) is 44.3 Å². The van der Waals surface area contributed by atoms with E-state index in [-0.39, 0.29) is 16.6 Å². The molecule has 0 aromatic heterocycles. The molecule has 21 heavy (non-hydrogen) atoms.